The van der Waals surface area contributed by atoms with Crippen LogP contribution in [0.1, 0.15) is 52.4 Å². The Balaban J connectivity index is 2.20. The first-order chi connectivity index (χ1) is 7.63. The van der Waals surface area contributed by atoms with E-state index in [1.807, 2.05) is 0 Å². The highest BCUT2D eigenvalue weighted by atomic mass is 79.9. The number of nitrogens with zero attached hydrogens (tertiary/aromatic N) is 1. The summed E-state index contributed by atoms with van der Waals surface area (Å²) in [4.78, 5) is 2.61. The molecule has 1 nitrogen and oxygen atoms in total. The lowest BCUT2D eigenvalue weighted by molar-refractivity contribution is 0.156. The van der Waals surface area contributed by atoms with E-state index >= 15 is 0 Å². The van der Waals surface area contributed by atoms with Crippen LogP contribution in [0.25, 0.3) is 0 Å². The number of halogens is 1. The molecule has 0 bridgehead atoms. The van der Waals surface area contributed by atoms with Crippen molar-refractivity contribution in [3.63, 3.8) is 0 Å². The van der Waals surface area contributed by atoms with Crippen LogP contribution in [0.4, 0.5) is 0 Å². The number of hydrogen-bond donors (Lipinski definition) is 0. The molecule has 96 valence electrons. The van der Waals surface area contributed by atoms with Gasteiger partial charge in [0.1, 0.15) is 0 Å². The zero-order valence-electron chi connectivity index (χ0n) is 11.2. The van der Waals surface area contributed by atoms with Crippen LogP contribution in [0.2, 0.25) is 0 Å². The van der Waals surface area contributed by atoms with Crippen molar-refractivity contribution in [1.82, 2.24) is 4.90 Å². The average Bonchev–Trinajstić information content (AvgIpc) is 2.26. The van der Waals surface area contributed by atoms with E-state index in [1.165, 1.54) is 45.1 Å². The maximum absolute atomic E-state index is 3.53. The Morgan fingerprint density at radius 3 is 2.69 bits per heavy atom. The highest BCUT2D eigenvalue weighted by Gasteiger charge is 2.22. The molecule has 0 spiro atoms. The van der Waals surface area contributed by atoms with Crippen molar-refractivity contribution in [3.05, 3.63) is 0 Å². The summed E-state index contributed by atoms with van der Waals surface area (Å²) < 4.78 is 0. The molecular formula is C14H28BrN. The molecule has 0 aliphatic heterocycles. The largest absolute Gasteiger partial charge is 0.303 e. The minimum atomic E-state index is 0.861. The van der Waals surface area contributed by atoms with Crippen LogP contribution >= 0.6 is 15.9 Å². The summed E-state index contributed by atoms with van der Waals surface area (Å²) in [5, 5.41) is 1.15. The fourth-order valence-electron chi connectivity index (χ4n) is 2.74. The maximum atomic E-state index is 3.53. The first-order valence-electron chi connectivity index (χ1n) is 6.89. The van der Waals surface area contributed by atoms with Gasteiger partial charge in [0.15, 0.2) is 0 Å². The van der Waals surface area contributed by atoms with Crippen molar-refractivity contribution in [2.75, 3.05) is 18.9 Å². The normalized spacial score (nSPS) is 28.3. The Morgan fingerprint density at radius 2 is 2.06 bits per heavy atom. The molecule has 1 rings (SSSR count). The summed E-state index contributed by atoms with van der Waals surface area (Å²) in [6, 6.07) is 0.861. The minimum Gasteiger partial charge on any atom is -0.303 e. The molecule has 3 atom stereocenters. The van der Waals surface area contributed by atoms with Crippen molar-refractivity contribution in [1.29, 1.82) is 0 Å². The quantitative estimate of drug-likeness (QED) is 0.659. The number of rotatable bonds is 6. The van der Waals surface area contributed by atoms with Gasteiger partial charge in [-0.1, -0.05) is 42.6 Å². The Kier molecular flexibility index (Phi) is 6.98. The van der Waals surface area contributed by atoms with E-state index in [2.05, 4.69) is 41.7 Å². The van der Waals surface area contributed by atoms with Crippen LogP contribution in [-0.2, 0) is 0 Å². The molecule has 0 aromatic heterocycles. The summed E-state index contributed by atoms with van der Waals surface area (Å²) >= 11 is 3.53. The number of hydrogen-bond acceptors (Lipinski definition) is 1. The maximum Gasteiger partial charge on any atom is 0.00947 e. The molecule has 2 heteroatoms. The molecule has 0 aromatic rings. The molecule has 16 heavy (non-hydrogen) atoms. The SMILES string of the molecule is CC(CCBr)CCN(C)C1CCCC(C)C1. The monoisotopic (exact) mass is 289 g/mol. The zero-order valence-corrected chi connectivity index (χ0v) is 12.8. The van der Waals surface area contributed by atoms with Crippen LogP contribution < -0.4 is 0 Å². The molecule has 0 amide bonds. The molecule has 0 heterocycles. The van der Waals surface area contributed by atoms with E-state index in [9.17, 15) is 0 Å². The fourth-order valence-corrected chi connectivity index (χ4v) is 3.52. The lowest BCUT2D eigenvalue weighted by atomic mass is 9.86. The summed E-state index contributed by atoms with van der Waals surface area (Å²) in [6.07, 6.45) is 8.40. The van der Waals surface area contributed by atoms with Gasteiger partial charge in [-0.25, -0.2) is 0 Å². The molecule has 1 saturated carbocycles. The summed E-state index contributed by atoms with van der Waals surface area (Å²) in [5.74, 6) is 1.81. The van der Waals surface area contributed by atoms with Gasteiger partial charge in [-0.05, 0) is 51.1 Å². The van der Waals surface area contributed by atoms with Gasteiger partial charge in [0.25, 0.3) is 0 Å². The minimum absolute atomic E-state index is 0.861. The Hall–Kier alpha value is 0.440. The lowest BCUT2D eigenvalue weighted by Crippen LogP contribution is -2.36. The molecule has 1 aliphatic carbocycles. The van der Waals surface area contributed by atoms with Gasteiger partial charge in [0.05, 0.1) is 0 Å². The van der Waals surface area contributed by atoms with Gasteiger partial charge < -0.3 is 4.90 Å². The molecule has 1 aliphatic rings. The van der Waals surface area contributed by atoms with Gasteiger partial charge in [-0.15, -0.1) is 0 Å². The Morgan fingerprint density at radius 1 is 1.31 bits per heavy atom. The third kappa shape index (κ3) is 5.18. The molecule has 1 fully saturated rings. The topological polar surface area (TPSA) is 3.24 Å². The van der Waals surface area contributed by atoms with Crippen molar-refractivity contribution in [3.8, 4) is 0 Å². The standard InChI is InChI=1S/C14H28BrN/c1-12(7-9-15)8-10-16(3)14-6-4-5-13(2)11-14/h12-14H,4-11H2,1-3H3. The van der Waals surface area contributed by atoms with E-state index in [-0.39, 0.29) is 0 Å². The van der Waals surface area contributed by atoms with Gasteiger partial charge in [0.2, 0.25) is 0 Å². The molecular weight excluding hydrogens is 262 g/mol. The first-order valence-corrected chi connectivity index (χ1v) is 8.01. The van der Waals surface area contributed by atoms with E-state index < -0.39 is 0 Å². The zero-order chi connectivity index (χ0) is 12.0. The third-order valence-corrected chi connectivity index (χ3v) is 4.57. The van der Waals surface area contributed by atoms with Crippen LogP contribution in [-0.4, -0.2) is 29.9 Å². The predicted octanol–water partition coefficient (Wildman–Crippen LogP) is 4.31. The van der Waals surface area contributed by atoms with Gasteiger partial charge in [-0.2, -0.15) is 0 Å². The second-order valence-corrected chi connectivity index (χ2v) is 6.57. The smallest absolute Gasteiger partial charge is 0.00947 e. The second kappa shape index (κ2) is 7.71. The molecule has 0 aromatic carbocycles. The van der Waals surface area contributed by atoms with Crippen molar-refractivity contribution < 1.29 is 0 Å². The average molecular weight is 290 g/mol. The highest BCUT2D eigenvalue weighted by molar-refractivity contribution is 9.09. The Bertz CT molecular complexity index is 184. The highest BCUT2D eigenvalue weighted by Crippen LogP contribution is 2.27. The van der Waals surface area contributed by atoms with Gasteiger partial charge >= 0.3 is 0 Å². The Labute approximate surface area is 110 Å². The molecule has 0 N–H and O–H groups in total. The number of alkyl halides is 1. The van der Waals surface area contributed by atoms with Crippen LogP contribution in [0.5, 0.6) is 0 Å². The second-order valence-electron chi connectivity index (χ2n) is 5.78. The first kappa shape index (κ1) is 14.5. The summed E-state index contributed by atoms with van der Waals surface area (Å²) in [6.45, 7) is 6.07. The summed E-state index contributed by atoms with van der Waals surface area (Å²) in [7, 11) is 2.32. The molecule has 0 saturated heterocycles. The molecule has 0 radical (unpaired) electrons. The fraction of sp³-hybridized carbons (Fsp3) is 1.00. The van der Waals surface area contributed by atoms with E-state index in [1.54, 1.807) is 0 Å². The van der Waals surface area contributed by atoms with Crippen LogP contribution in [0, 0.1) is 11.8 Å². The van der Waals surface area contributed by atoms with Gasteiger partial charge in [-0.3, -0.25) is 0 Å². The van der Waals surface area contributed by atoms with Crippen molar-refractivity contribution in [2.45, 2.75) is 58.4 Å². The lowest BCUT2D eigenvalue weighted by Gasteiger charge is -2.34. The van der Waals surface area contributed by atoms with Crippen molar-refractivity contribution >= 4 is 15.9 Å². The summed E-state index contributed by atoms with van der Waals surface area (Å²) in [5.41, 5.74) is 0. The van der Waals surface area contributed by atoms with Crippen LogP contribution in [0.3, 0.4) is 0 Å². The van der Waals surface area contributed by atoms with Crippen LogP contribution in [0.15, 0.2) is 0 Å². The van der Waals surface area contributed by atoms with Crippen molar-refractivity contribution in [2.24, 2.45) is 11.8 Å². The van der Waals surface area contributed by atoms with E-state index in [4.69, 9.17) is 0 Å². The van der Waals surface area contributed by atoms with E-state index in [0.717, 1.165) is 23.2 Å². The predicted molar refractivity (Wildman–Crippen MR) is 76.2 cm³/mol. The third-order valence-electron chi connectivity index (χ3n) is 4.11. The molecule has 3 unspecified atom stereocenters. The van der Waals surface area contributed by atoms with E-state index in [0.29, 0.717) is 0 Å². The van der Waals surface area contributed by atoms with Gasteiger partial charge in [0, 0.05) is 11.4 Å².